The summed E-state index contributed by atoms with van der Waals surface area (Å²) in [5.74, 6) is 0.503. The maximum Gasteiger partial charge on any atom is 0.151 e. The van der Waals surface area contributed by atoms with Gasteiger partial charge < -0.3 is 9.52 Å². The Kier molecular flexibility index (Phi) is 3.73. The zero-order valence-corrected chi connectivity index (χ0v) is 11.1. The van der Waals surface area contributed by atoms with Gasteiger partial charge in [-0.1, -0.05) is 17.8 Å². The number of aliphatic hydroxyl groups excluding tert-OH is 1. The molecule has 16 heavy (non-hydrogen) atoms. The van der Waals surface area contributed by atoms with Gasteiger partial charge in [-0.3, -0.25) is 0 Å². The van der Waals surface area contributed by atoms with Crippen molar-refractivity contribution >= 4 is 27.5 Å². The van der Waals surface area contributed by atoms with Crippen molar-refractivity contribution in [1.82, 2.24) is 9.59 Å². The van der Waals surface area contributed by atoms with Crippen LogP contribution in [0.2, 0.25) is 0 Å². The second-order valence-electron chi connectivity index (χ2n) is 3.37. The summed E-state index contributed by atoms with van der Waals surface area (Å²) in [6.45, 7) is 2.07. The van der Waals surface area contributed by atoms with E-state index in [9.17, 15) is 5.11 Å². The quantitative estimate of drug-likeness (QED) is 0.943. The lowest BCUT2D eigenvalue weighted by Gasteiger charge is -2.06. The van der Waals surface area contributed by atoms with E-state index < -0.39 is 6.10 Å². The van der Waals surface area contributed by atoms with Gasteiger partial charge in [0.15, 0.2) is 11.9 Å². The normalized spacial score (nSPS) is 12.9. The van der Waals surface area contributed by atoms with Crippen LogP contribution in [0.5, 0.6) is 0 Å². The molecule has 0 aliphatic heterocycles. The molecule has 0 aromatic carbocycles. The van der Waals surface area contributed by atoms with Crippen molar-refractivity contribution < 1.29 is 9.52 Å². The van der Waals surface area contributed by atoms with Crippen LogP contribution in [-0.4, -0.2) is 14.7 Å². The number of hydrogen-bond acceptors (Lipinski definition) is 5. The van der Waals surface area contributed by atoms with Gasteiger partial charge in [0, 0.05) is 0 Å². The SMILES string of the molecule is CCCc1nnsc1C(O)c1occc1Br. The minimum absolute atomic E-state index is 0.503. The van der Waals surface area contributed by atoms with E-state index in [1.165, 1.54) is 17.8 Å². The van der Waals surface area contributed by atoms with Crippen LogP contribution in [0.1, 0.15) is 35.8 Å². The van der Waals surface area contributed by atoms with Gasteiger partial charge >= 0.3 is 0 Å². The molecule has 2 aromatic rings. The van der Waals surface area contributed by atoms with Crippen LogP contribution in [0.3, 0.4) is 0 Å². The molecule has 2 rings (SSSR count). The smallest absolute Gasteiger partial charge is 0.151 e. The van der Waals surface area contributed by atoms with Crippen molar-refractivity contribution in [3.8, 4) is 0 Å². The first-order valence-corrected chi connectivity index (χ1v) is 6.52. The van der Waals surface area contributed by atoms with Gasteiger partial charge in [0.2, 0.25) is 0 Å². The summed E-state index contributed by atoms with van der Waals surface area (Å²) in [5.41, 5.74) is 0.850. The highest BCUT2D eigenvalue weighted by Gasteiger charge is 2.22. The highest BCUT2D eigenvalue weighted by Crippen LogP contribution is 2.32. The lowest BCUT2D eigenvalue weighted by atomic mass is 10.1. The van der Waals surface area contributed by atoms with E-state index in [2.05, 4.69) is 32.4 Å². The Hall–Kier alpha value is -0.720. The molecular formula is C10H11BrN2O2S. The predicted octanol–water partition coefficient (Wildman–Crippen LogP) is 2.93. The van der Waals surface area contributed by atoms with Crippen LogP contribution < -0.4 is 0 Å². The number of furan rings is 1. The van der Waals surface area contributed by atoms with Gasteiger partial charge in [0.25, 0.3) is 0 Å². The Morgan fingerprint density at radius 3 is 3.06 bits per heavy atom. The zero-order valence-electron chi connectivity index (χ0n) is 8.68. The Morgan fingerprint density at radius 1 is 1.62 bits per heavy atom. The number of halogens is 1. The molecule has 1 atom stereocenters. The minimum atomic E-state index is -0.786. The lowest BCUT2D eigenvalue weighted by Crippen LogP contribution is -2.00. The molecule has 0 bridgehead atoms. The highest BCUT2D eigenvalue weighted by atomic mass is 79.9. The summed E-state index contributed by atoms with van der Waals surface area (Å²) in [4.78, 5) is 0.762. The van der Waals surface area contributed by atoms with Crippen molar-refractivity contribution in [2.75, 3.05) is 0 Å². The fourth-order valence-corrected chi connectivity index (χ4v) is 2.55. The van der Waals surface area contributed by atoms with E-state index in [-0.39, 0.29) is 0 Å². The van der Waals surface area contributed by atoms with Crippen LogP contribution >= 0.6 is 27.5 Å². The molecule has 0 saturated heterocycles. The van der Waals surface area contributed by atoms with E-state index >= 15 is 0 Å². The standard InChI is InChI=1S/C10H11BrN2O2S/c1-2-3-7-10(16-13-12-7)8(14)9-6(11)4-5-15-9/h4-5,8,14H,2-3H2,1H3. The molecule has 0 amide bonds. The molecule has 0 radical (unpaired) electrons. The summed E-state index contributed by atoms with van der Waals surface area (Å²) in [6.07, 6.45) is 2.55. The Balaban J connectivity index is 2.30. The van der Waals surface area contributed by atoms with E-state index in [0.29, 0.717) is 5.76 Å². The summed E-state index contributed by atoms with van der Waals surface area (Å²) < 4.78 is 9.87. The van der Waals surface area contributed by atoms with Gasteiger partial charge in [0.1, 0.15) is 0 Å². The molecule has 0 aliphatic rings. The second kappa shape index (κ2) is 5.07. The maximum atomic E-state index is 10.2. The first-order valence-electron chi connectivity index (χ1n) is 4.96. The number of rotatable bonds is 4. The molecule has 0 aliphatic carbocycles. The summed E-state index contributed by atoms with van der Waals surface area (Å²) in [5, 5.41) is 14.2. The van der Waals surface area contributed by atoms with E-state index in [0.717, 1.165) is 27.9 Å². The maximum absolute atomic E-state index is 10.2. The summed E-state index contributed by atoms with van der Waals surface area (Å²) in [6, 6.07) is 1.76. The fraction of sp³-hybridized carbons (Fsp3) is 0.400. The van der Waals surface area contributed by atoms with Crippen LogP contribution in [-0.2, 0) is 6.42 Å². The number of aliphatic hydroxyl groups is 1. The van der Waals surface area contributed by atoms with Crippen molar-refractivity contribution in [2.24, 2.45) is 0 Å². The number of hydrogen-bond donors (Lipinski definition) is 1. The Morgan fingerprint density at radius 2 is 2.44 bits per heavy atom. The van der Waals surface area contributed by atoms with Crippen LogP contribution in [0.4, 0.5) is 0 Å². The molecule has 6 heteroatoms. The predicted molar refractivity (Wildman–Crippen MR) is 64.4 cm³/mol. The zero-order chi connectivity index (χ0) is 11.5. The molecule has 0 saturated carbocycles. The van der Waals surface area contributed by atoms with Crippen LogP contribution in [0.15, 0.2) is 21.2 Å². The fourth-order valence-electron chi connectivity index (χ4n) is 1.45. The molecule has 1 N–H and O–H groups in total. The lowest BCUT2D eigenvalue weighted by molar-refractivity contribution is 0.190. The van der Waals surface area contributed by atoms with Gasteiger partial charge in [-0.05, 0) is 39.9 Å². The van der Waals surface area contributed by atoms with E-state index in [4.69, 9.17) is 4.42 Å². The summed E-state index contributed by atoms with van der Waals surface area (Å²) >= 11 is 4.54. The molecule has 0 fully saturated rings. The number of nitrogens with zero attached hydrogens (tertiary/aromatic N) is 2. The molecular weight excluding hydrogens is 292 g/mol. The van der Waals surface area contributed by atoms with Crippen molar-refractivity contribution in [3.63, 3.8) is 0 Å². The van der Waals surface area contributed by atoms with E-state index in [1.54, 1.807) is 6.07 Å². The van der Waals surface area contributed by atoms with Crippen molar-refractivity contribution in [2.45, 2.75) is 25.9 Å². The minimum Gasteiger partial charge on any atom is -0.465 e. The largest absolute Gasteiger partial charge is 0.465 e. The van der Waals surface area contributed by atoms with Gasteiger partial charge in [-0.15, -0.1) is 5.10 Å². The molecule has 2 heterocycles. The number of aryl methyl sites for hydroxylation is 1. The average Bonchev–Trinajstić information content (AvgIpc) is 2.87. The topological polar surface area (TPSA) is 59.2 Å². The molecule has 1 unspecified atom stereocenters. The van der Waals surface area contributed by atoms with Crippen molar-refractivity contribution in [3.05, 3.63) is 33.1 Å². The van der Waals surface area contributed by atoms with E-state index in [1.807, 2.05) is 0 Å². The highest BCUT2D eigenvalue weighted by molar-refractivity contribution is 9.10. The Bertz CT molecular complexity index is 469. The second-order valence-corrected chi connectivity index (χ2v) is 5.01. The molecule has 86 valence electrons. The first kappa shape index (κ1) is 11.8. The van der Waals surface area contributed by atoms with Gasteiger partial charge in [-0.25, -0.2) is 0 Å². The molecule has 4 nitrogen and oxygen atoms in total. The average molecular weight is 303 g/mol. The summed E-state index contributed by atoms with van der Waals surface area (Å²) in [7, 11) is 0. The third-order valence-corrected chi connectivity index (χ3v) is 3.69. The third-order valence-electron chi connectivity index (χ3n) is 2.21. The number of aromatic nitrogens is 2. The van der Waals surface area contributed by atoms with Crippen LogP contribution in [0, 0.1) is 0 Å². The van der Waals surface area contributed by atoms with Crippen molar-refractivity contribution in [1.29, 1.82) is 0 Å². The monoisotopic (exact) mass is 302 g/mol. The first-order chi connectivity index (χ1) is 7.74. The third kappa shape index (κ3) is 2.18. The van der Waals surface area contributed by atoms with Gasteiger partial charge in [0.05, 0.1) is 21.3 Å². The molecule has 0 spiro atoms. The van der Waals surface area contributed by atoms with Gasteiger partial charge in [-0.2, -0.15) is 0 Å². The Labute approximate surface area is 106 Å². The van der Waals surface area contributed by atoms with Crippen LogP contribution in [0.25, 0.3) is 0 Å². The molecule has 2 aromatic heterocycles.